The molecule has 0 radical (unpaired) electrons. The van der Waals surface area contributed by atoms with Crippen molar-refractivity contribution in [3.8, 4) is 11.5 Å². The third kappa shape index (κ3) is 10.2. The molecule has 1 aliphatic heterocycles. The van der Waals surface area contributed by atoms with E-state index in [0.717, 1.165) is 36.2 Å². The lowest BCUT2D eigenvalue weighted by Gasteiger charge is -2.37. The Bertz CT molecular complexity index is 1950. The molecule has 4 aromatic rings. The van der Waals surface area contributed by atoms with Crippen LogP contribution >= 0.6 is 0 Å². The van der Waals surface area contributed by atoms with E-state index in [1.54, 1.807) is 47.4 Å². The van der Waals surface area contributed by atoms with Gasteiger partial charge in [0.15, 0.2) is 0 Å². The topological polar surface area (TPSA) is 135 Å². The lowest BCUT2D eigenvalue weighted by molar-refractivity contribution is -0.274. The van der Waals surface area contributed by atoms with Gasteiger partial charge < -0.3 is 35.2 Å². The van der Waals surface area contributed by atoms with Crippen LogP contribution in [-0.4, -0.2) is 80.1 Å². The van der Waals surface area contributed by atoms with Gasteiger partial charge in [0.2, 0.25) is 5.91 Å². The van der Waals surface area contributed by atoms with Crippen LogP contribution < -0.4 is 25.4 Å². The monoisotopic (exact) mass is 745 g/mol. The van der Waals surface area contributed by atoms with Crippen LogP contribution in [0.25, 0.3) is 0 Å². The summed E-state index contributed by atoms with van der Waals surface area (Å²) in [6.07, 6.45) is -2.95. The third-order valence-electron chi connectivity index (χ3n) is 8.70. The van der Waals surface area contributed by atoms with Gasteiger partial charge in [-0.15, -0.1) is 13.2 Å². The highest BCUT2D eigenvalue weighted by atomic mass is 19.4. The second-order valence-corrected chi connectivity index (χ2v) is 13.1. The molecule has 284 valence electrons. The molecule has 1 heterocycles. The van der Waals surface area contributed by atoms with Crippen LogP contribution in [0.1, 0.15) is 68.0 Å². The zero-order valence-electron chi connectivity index (χ0n) is 30.2. The summed E-state index contributed by atoms with van der Waals surface area (Å²) in [5.74, 6) is -1.69. The molecule has 11 nitrogen and oxygen atoms in total. The lowest BCUT2D eigenvalue weighted by Crippen LogP contribution is -2.41. The zero-order chi connectivity index (χ0) is 39.0. The van der Waals surface area contributed by atoms with Crippen LogP contribution in [0.5, 0.6) is 11.5 Å². The summed E-state index contributed by atoms with van der Waals surface area (Å²) in [5.41, 5.74) is 8.55. The van der Waals surface area contributed by atoms with Crippen molar-refractivity contribution in [3.05, 3.63) is 119 Å². The number of primary amides is 1. The SMILES string of the molecule is CCCN(CC(N)=O)C(=O)c1ccc(N2C(=O)c3cc(NC(=O)c4ccc(OC(F)(F)F)cc4)ccc3CC2c2ccc(OCCCN(C)C)cc2)cc1. The molecule has 0 saturated heterocycles. The standard InChI is InChI=1S/C40H42F3N5O6/c1-4-20-47(25-36(44)49)38(51)28-7-14-31(15-8-28)48-35(26-9-16-32(17-10-26)53-22-5-21-46(2)3)23-29-6-13-30(24-34(29)39(48)52)45-37(50)27-11-18-33(19-12-27)54-40(41,42)43/h6-19,24,35H,4-5,20-23,25H2,1-3H3,(H2,44,49)(H,45,50). The van der Waals surface area contributed by atoms with E-state index >= 15 is 0 Å². The van der Waals surface area contributed by atoms with Crippen molar-refractivity contribution in [1.82, 2.24) is 9.80 Å². The number of anilines is 2. The van der Waals surface area contributed by atoms with Crippen LogP contribution in [0.2, 0.25) is 0 Å². The van der Waals surface area contributed by atoms with Gasteiger partial charge in [-0.25, -0.2) is 0 Å². The van der Waals surface area contributed by atoms with Gasteiger partial charge >= 0.3 is 6.36 Å². The molecular formula is C40H42F3N5O6. The molecule has 0 spiro atoms. The molecule has 14 heteroatoms. The summed E-state index contributed by atoms with van der Waals surface area (Å²) < 4.78 is 47.5. The molecule has 0 saturated carbocycles. The molecule has 0 aliphatic carbocycles. The van der Waals surface area contributed by atoms with Crippen LogP contribution in [0, 0.1) is 0 Å². The molecule has 1 atom stereocenters. The minimum absolute atomic E-state index is 0.0864. The van der Waals surface area contributed by atoms with Crippen molar-refractivity contribution in [2.75, 3.05) is 50.6 Å². The fourth-order valence-corrected chi connectivity index (χ4v) is 6.19. The second-order valence-electron chi connectivity index (χ2n) is 13.1. The van der Waals surface area contributed by atoms with Crippen molar-refractivity contribution >= 4 is 35.0 Å². The van der Waals surface area contributed by atoms with E-state index in [0.29, 0.717) is 54.2 Å². The lowest BCUT2D eigenvalue weighted by atomic mass is 9.88. The van der Waals surface area contributed by atoms with E-state index < -0.39 is 30.0 Å². The van der Waals surface area contributed by atoms with Gasteiger partial charge in [-0.1, -0.05) is 25.1 Å². The number of ether oxygens (including phenoxy) is 2. The van der Waals surface area contributed by atoms with Gasteiger partial charge in [0.25, 0.3) is 17.7 Å². The van der Waals surface area contributed by atoms with E-state index in [4.69, 9.17) is 10.5 Å². The number of nitrogens with zero attached hydrogens (tertiary/aromatic N) is 3. The van der Waals surface area contributed by atoms with Gasteiger partial charge in [-0.05, 0) is 117 Å². The first-order valence-electron chi connectivity index (χ1n) is 17.4. The Morgan fingerprint density at radius 3 is 2.15 bits per heavy atom. The Hall–Kier alpha value is -5.89. The first-order chi connectivity index (χ1) is 25.7. The molecule has 54 heavy (non-hydrogen) atoms. The Labute approximate surface area is 311 Å². The van der Waals surface area contributed by atoms with E-state index in [1.165, 1.54) is 17.0 Å². The molecule has 1 unspecified atom stereocenters. The first-order valence-corrected chi connectivity index (χ1v) is 17.4. The summed E-state index contributed by atoms with van der Waals surface area (Å²) in [6, 6.07) is 23.2. The highest BCUT2D eigenvalue weighted by Crippen LogP contribution is 2.38. The molecule has 1 aliphatic rings. The Morgan fingerprint density at radius 1 is 0.889 bits per heavy atom. The molecule has 4 amide bonds. The Balaban J connectivity index is 1.42. The van der Waals surface area contributed by atoms with Crippen molar-refractivity contribution in [2.45, 2.75) is 38.6 Å². The predicted molar refractivity (Wildman–Crippen MR) is 198 cm³/mol. The number of alkyl halides is 3. The fraction of sp³-hybridized carbons (Fsp3) is 0.300. The summed E-state index contributed by atoms with van der Waals surface area (Å²) in [7, 11) is 4.00. The van der Waals surface area contributed by atoms with Gasteiger partial charge in [0, 0.05) is 41.2 Å². The molecule has 4 aromatic carbocycles. The number of rotatable bonds is 15. The number of fused-ring (bicyclic) bond motifs is 1. The van der Waals surface area contributed by atoms with Gasteiger partial charge in [-0.3, -0.25) is 19.2 Å². The highest BCUT2D eigenvalue weighted by molar-refractivity contribution is 6.11. The number of carbonyl (C=O) groups excluding carboxylic acids is 4. The number of benzene rings is 4. The normalized spacial score (nSPS) is 14.0. The average molecular weight is 746 g/mol. The predicted octanol–water partition coefficient (Wildman–Crippen LogP) is 6.45. The van der Waals surface area contributed by atoms with Crippen LogP contribution in [0.15, 0.2) is 91.0 Å². The molecular weight excluding hydrogens is 703 g/mol. The van der Waals surface area contributed by atoms with Crippen LogP contribution in [0.3, 0.4) is 0 Å². The van der Waals surface area contributed by atoms with Gasteiger partial charge in [0.05, 0.1) is 19.2 Å². The second kappa shape index (κ2) is 17.3. The quantitative estimate of drug-likeness (QED) is 0.134. The summed E-state index contributed by atoms with van der Waals surface area (Å²) >= 11 is 0. The minimum Gasteiger partial charge on any atom is -0.494 e. The first kappa shape index (κ1) is 39.3. The number of amides is 4. The van der Waals surface area contributed by atoms with E-state index in [9.17, 15) is 32.3 Å². The third-order valence-corrected chi connectivity index (χ3v) is 8.70. The van der Waals surface area contributed by atoms with E-state index in [2.05, 4.69) is 15.0 Å². The van der Waals surface area contributed by atoms with Crippen molar-refractivity contribution in [3.63, 3.8) is 0 Å². The van der Waals surface area contributed by atoms with Gasteiger partial charge in [-0.2, -0.15) is 0 Å². The smallest absolute Gasteiger partial charge is 0.494 e. The number of nitrogens with two attached hydrogens (primary N) is 1. The number of halogens is 3. The maximum Gasteiger partial charge on any atom is 0.573 e. The molecule has 5 rings (SSSR count). The number of carbonyl (C=O) groups is 4. The zero-order valence-corrected chi connectivity index (χ0v) is 30.2. The number of hydrogen-bond acceptors (Lipinski definition) is 7. The Kier molecular flexibility index (Phi) is 12.6. The van der Waals surface area contributed by atoms with Crippen LogP contribution in [0.4, 0.5) is 24.5 Å². The van der Waals surface area contributed by atoms with Crippen LogP contribution in [-0.2, 0) is 11.2 Å². The summed E-state index contributed by atoms with van der Waals surface area (Å²) in [4.78, 5) is 57.5. The number of nitrogens with one attached hydrogen (secondary N) is 1. The molecule has 0 aromatic heterocycles. The molecule has 0 fully saturated rings. The Morgan fingerprint density at radius 2 is 1.54 bits per heavy atom. The largest absolute Gasteiger partial charge is 0.573 e. The van der Waals surface area contributed by atoms with Crippen molar-refractivity contribution in [2.24, 2.45) is 5.73 Å². The van der Waals surface area contributed by atoms with Crippen molar-refractivity contribution < 1.29 is 41.8 Å². The van der Waals surface area contributed by atoms with Gasteiger partial charge in [0.1, 0.15) is 11.5 Å². The summed E-state index contributed by atoms with van der Waals surface area (Å²) in [5, 5.41) is 2.72. The molecule has 0 bridgehead atoms. The molecule has 3 N–H and O–H groups in total. The number of hydrogen-bond donors (Lipinski definition) is 2. The van der Waals surface area contributed by atoms with E-state index in [1.807, 2.05) is 45.3 Å². The van der Waals surface area contributed by atoms with E-state index in [-0.39, 0.29) is 23.9 Å². The maximum absolute atomic E-state index is 14.4. The van der Waals surface area contributed by atoms with Crippen molar-refractivity contribution in [1.29, 1.82) is 0 Å². The summed E-state index contributed by atoms with van der Waals surface area (Å²) in [6.45, 7) is 3.46. The average Bonchev–Trinajstić information content (AvgIpc) is 3.13. The maximum atomic E-state index is 14.4. The fourth-order valence-electron chi connectivity index (χ4n) is 6.19. The minimum atomic E-state index is -4.86. The highest BCUT2D eigenvalue weighted by Gasteiger charge is 2.35.